The molecule has 0 saturated carbocycles. The number of hydrogen-bond donors (Lipinski definition) is 0. The largest absolute Gasteiger partial charge is 0.299 e. The summed E-state index contributed by atoms with van der Waals surface area (Å²) in [5.41, 5.74) is 0.826. The Morgan fingerprint density at radius 3 is 2.93 bits per heavy atom. The van der Waals surface area contributed by atoms with Gasteiger partial charge in [-0.2, -0.15) is 0 Å². The third-order valence-electron chi connectivity index (χ3n) is 3.09. The molecule has 1 aliphatic rings. The molecule has 1 nitrogen and oxygen atoms in total. The van der Waals surface area contributed by atoms with Crippen LogP contribution in [0, 0.1) is 11.7 Å². The van der Waals surface area contributed by atoms with Crippen LogP contribution in [0.15, 0.2) is 24.3 Å². The minimum atomic E-state index is -0.0734. The van der Waals surface area contributed by atoms with E-state index in [1.807, 2.05) is 12.1 Å². The van der Waals surface area contributed by atoms with Crippen LogP contribution < -0.4 is 0 Å². The lowest BCUT2D eigenvalue weighted by atomic mass is 10.00. The van der Waals surface area contributed by atoms with E-state index in [-0.39, 0.29) is 5.82 Å². The Kier molecular flexibility index (Phi) is 3.37. The maximum atomic E-state index is 13.4. The molecule has 2 heteroatoms. The quantitative estimate of drug-likeness (QED) is 0.720. The molecule has 82 valence electrons. The van der Waals surface area contributed by atoms with E-state index in [0.717, 1.165) is 31.1 Å². The fraction of sp³-hybridized carbons (Fsp3) is 0.538. The second-order valence-corrected chi connectivity index (χ2v) is 4.57. The third-order valence-corrected chi connectivity index (χ3v) is 3.09. The van der Waals surface area contributed by atoms with Gasteiger partial charge in [0, 0.05) is 18.7 Å². The van der Waals surface area contributed by atoms with Crippen LogP contribution in [0.1, 0.15) is 25.3 Å². The topological polar surface area (TPSA) is 3.24 Å². The highest BCUT2D eigenvalue weighted by atomic mass is 19.1. The van der Waals surface area contributed by atoms with Gasteiger partial charge >= 0.3 is 0 Å². The molecule has 1 saturated heterocycles. The number of likely N-dealkylation sites (tertiary alicyclic amines) is 1. The lowest BCUT2D eigenvalue weighted by molar-refractivity contribution is 0.175. The zero-order valence-electron chi connectivity index (χ0n) is 9.25. The average molecular weight is 207 g/mol. The monoisotopic (exact) mass is 207 g/mol. The lowest BCUT2D eigenvalue weighted by Gasteiger charge is -2.30. The van der Waals surface area contributed by atoms with Crippen molar-refractivity contribution in [3.05, 3.63) is 35.6 Å². The second kappa shape index (κ2) is 4.75. The van der Waals surface area contributed by atoms with Crippen LogP contribution in [-0.2, 0) is 6.54 Å². The van der Waals surface area contributed by atoms with Gasteiger partial charge in [0.1, 0.15) is 5.82 Å². The van der Waals surface area contributed by atoms with Crippen LogP contribution in [0.3, 0.4) is 0 Å². The van der Waals surface area contributed by atoms with Crippen LogP contribution in [0.4, 0.5) is 4.39 Å². The van der Waals surface area contributed by atoms with Gasteiger partial charge < -0.3 is 0 Å². The highest BCUT2D eigenvalue weighted by Gasteiger charge is 2.16. The summed E-state index contributed by atoms with van der Waals surface area (Å²) in [5.74, 6) is 0.682. The molecule has 1 aromatic carbocycles. The highest BCUT2D eigenvalue weighted by molar-refractivity contribution is 5.17. The summed E-state index contributed by atoms with van der Waals surface area (Å²) in [5, 5.41) is 0. The van der Waals surface area contributed by atoms with E-state index in [4.69, 9.17) is 0 Å². The van der Waals surface area contributed by atoms with Crippen molar-refractivity contribution in [1.82, 2.24) is 4.90 Å². The summed E-state index contributed by atoms with van der Waals surface area (Å²) >= 11 is 0. The zero-order chi connectivity index (χ0) is 10.7. The van der Waals surface area contributed by atoms with Crippen LogP contribution in [0.2, 0.25) is 0 Å². The summed E-state index contributed by atoms with van der Waals surface area (Å²) in [6.45, 7) is 5.25. The van der Waals surface area contributed by atoms with Crippen molar-refractivity contribution in [2.75, 3.05) is 13.1 Å². The number of halogens is 1. The van der Waals surface area contributed by atoms with E-state index < -0.39 is 0 Å². The minimum Gasteiger partial charge on any atom is -0.299 e. The van der Waals surface area contributed by atoms with Crippen molar-refractivity contribution in [3.8, 4) is 0 Å². The number of benzene rings is 1. The molecule has 2 rings (SSSR count). The van der Waals surface area contributed by atoms with E-state index in [9.17, 15) is 4.39 Å². The number of rotatable bonds is 2. The van der Waals surface area contributed by atoms with Gasteiger partial charge in [-0.3, -0.25) is 4.90 Å². The van der Waals surface area contributed by atoms with Crippen LogP contribution in [-0.4, -0.2) is 18.0 Å². The smallest absolute Gasteiger partial charge is 0.127 e. The molecular formula is C13H18FN. The van der Waals surface area contributed by atoms with Crippen LogP contribution >= 0.6 is 0 Å². The maximum Gasteiger partial charge on any atom is 0.127 e. The van der Waals surface area contributed by atoms with Crippen molar-refractivity contribution >= 4 is 0 Å². The van der Waals surface area contributed by atoms with Crippen molar-refractivity contribution in [2.45, 2.75) is 26.3 Å². The summed E-state index contributed by atoms with van der Waals surface area (Å²) in [6, 6.07) is 7.08. The Morgan fingerprint density at radius 1 is 1.40 bits per heavy atom. The first-order valence-electron chi connectivity index (χ1n) is 5.71. The van der Waals surface area contributed by atoms with Crippen LogP contribution in [0.25, 0.3) is 0 Å². The SMILES string of the molecule is C[C@@H]1CCCN(Cc2ccccc2F)C1. The molecular weight excluding hydrogens is 189 g/mol. The van der Waals surface area contributed by atoms with E-state index in [0.29, 0.717) is 0 Å². The lowest BCUT2D eigenvalue weighted by Crippen LogP contribution is -2.33. The second-order valence-electron chi connectivity index (χ2n) is 4.57. The molecule has 0 amide bonds. The van der Waals surface area contributed by atoms with E-state index >= 15 is 0 Å². The fourth-order valence-corrected chi connectivity index (χ4v) is 2.30. The summed E-state index contributed by atoms with van der Waals surface area (Å²) in [4.78, 5) is 2.35. The normalized spacial score (nSPS) is 22.9. The van der Waals surface area contributed by atoms with Gasteiger partial charge in [0.2, 0.25) is 0 Å². The highest BCUT2D eigenvalue weighted by Crippen LogP contribution is 2.18. The summed E-state index contributed by atoms with van der Waals surface area (Å²) < 4.78 is 13.4. The van der Waals surface area contributed by atoms with E-state index in [1.165, 1.54) is 12.8 Å². The Balaban J connectivity index is 1.99. The predicted octanol–water partition coefficient (Wildman–Crippen LogP) is 3.06. The molecule has 1 fully saturated rings. The van der Waals surface area contributed by atoms with Gasteiger partial charge in [0.25, 0.3) is 0 Å². The number of nitrogens with zero attached hydrogens (tertiary/aromatic N) is 1. The zero-order valence-corrected chi connectivity index (χ0v) is 9.25. The standard InChI is InChI=1S/C13H18FN/c1-11-5-4-8-15(9-11)10-12-6-2-3-7-13(12)14/h2-3,6-7,11H,4-5,8-10H2,1H3/t11-/m1/s1. The molecule has 0 radical (unpaired) electrons. The molecule has 0 spiro atoms. The van der Waals surface area contributed by atoms with Gasteiger partial charge in [0.15, 0.2) is 0 Å². The Bertz CT molecular complexity index is 324. The summed E-state index contributed by atoms with van der Waals surface area (Å²) in [6.07, 6.45) is 2.56. The molecule has 0 aromatic heterocycles. The van der Waals surface area contributed by atoms with Gasteiger partial charge in [-0.05, 0) is 31.4 Å². The van der Waals surface area contributed by atoms with Gasteiger partial charge in [-0.25, -0.2) is 4.39 Å². The van der Waals surface area contributed by atoms with Crippen LogP contribution in [0.5, 0.6) is 0 Å². The molecule has 0 aliphatic carbocycles. The first-order chi connectivity index (χ1) is 7.25. The predicted molar refractivity (Wildman–Crippen MR) is 60.1 cm³/mol. The van der Waals surface area contributed by atoms with Gasteiger partial charge in [-0.15, -0.1) is 0 Å². The molecule has 15 heavy (non-hydrogen) atoms. The van der Waals surface area contributed by atoms with E-state index in [2.05, 4.69) is 11.8 Å². The van der Waals surface area contributed by atoms with Gasteiger partial charge in [-0.1, -0.05) is 25.1 Å². The van der Waals surface area contributed by atoms with E-state index in [1.54, 1.807) is 12.1 Å². The Morgan fingerprint density at radius 2 is 2.20 bits per heavy atom. The molecule has 0 unspecified atom stereocenters. The molecule has 1 aliphatic heterocycles. The first kappa shape index (κ1) is 10.6. The van der Waals surface area contributed by atoms with Crippen molar-refractivity contribution in [3.63, 3.8) is 0 Å². The number of hydrogen-bond acceptors (Lipinski definition) is 1. The molecule has 0 bridgehead atoms. The van der Waals surface area contributed by atoms with Crippen molar-refractivity contribution < 1.29 is 4.39 Å². The molecule has 1 atom stereocenters. The summed E-state index contributed by atoms with van der Waals surface area (Å²) in [7, 11) is 0. The Labute approximate surface area is 90.9 Å². The van der Waals surface area contributed by atoms with Crippen molar-refractivity contribution in [2.24, 2.45) is 5.92 Å². The Hall–Kier alpha value is -0.890. The molecule has 1 aromatic rings. The average Bonchev–Trinajstić information content (AvgIpc) is 2.22. The molecule has 0 N–H and O–H groups in total. The van der Waals surface area contributed by atoms with Crippen molar-refractivity contribution in [1.29, 1.82) is 0 Å². The van der Waals surface area contributed by atoms with Gasteiger partial charge in [0.05, 0.1) is 0 Å². The maximum absolute atomic E-state index is 13.4. The number of piperidine rings is 1. The minimum absolute atomic E-state index is 0.0734. The third kappa shape index (κ3) is 2.78. The first-order valence-corrected chi connectivity index (χ1v) is 5.71. The fourth-order valence-electron chi connectivity index (χ4n) is 2.30. The molecule has 1 heterocycles.